The molecular formula is C39H23N3OS. The Morgan fingerprint density at radius 1 is 0.409 bits per heavy atom. The summed E-state index contributed by atoms with van der Waals surface area (Å²) in [7, 11) is 0. The van der Waals surface area contributed by atoms with Gasteiger partial charge in [-0.1, -0.05) is 115 Å². The van der Waals surface area contributed by atoms with Gasteiger partial charge in [0.25, 0.3) is 0 Å². The maximum absolute atomic E-state index is 6.41. The number of furan rings is 1. The molecule has 3 aromatic heterocycles. The lowest BCUT2D eigenvalue weighted by atomic mass is 9.97. The number of nitrogens with zero attached hydrogens (tertiary/aromatic N) is 3. The van der Waals surface area contributed by atoms with E-state index in [0.29, 0.717) is 17.5 Å². The first-order valence-corrected chi connectivity index (χ1v) is 15.4. The number of rotatable bonds is 4. The molecule has 0 unspecified atom stereocenters. The molecule has 0 saturated carbocycles. The summed E-state index contributed by atoms with van der Waals surface area (Å²) in [5, 5.41) is 4.49. The smallest absolute Gasteiger partial charge is 0.167 e. The van der Waals surface area contributed by atoms with Gasteiger partial charge in [0.2, 0.25) is 0 Å². The van der Waals surface area contributed by atoms with E-state index < -0.39 is 0 Å². The fourth-order valence-electron chi connectivity index (χ4n) is 6.17. The Morgan fingerprint density at radius 3 is 1.73 bits per heavy atom. The first-order chi connectivity index (χ1) is 21.8. The molecule has 0 radical (unpaired) electrons. The van der Waals surface area contributed by atoms with Crippen LogP contribution >= 0.6 is 11.3 Å². The molecule has 0 bridgehead atoms. The number of hydrogen-bond donors (Lipinski definition) is 0. The van der Waals surface area contributed by atoms with Crippen LogP contribution in [0, 0.1) is 0 Å². The van der Waals surface area contributed by atoms with Crippen LogP contribution in [0.2, 0.25) is 0 Å². The van der Waals surface area contributed by atoms with E-state index >= 15 is 0 Å². The highest BCUT2D eigenvalue weighted by Crippen LogP contribution is 2.44. The minimum absolute atomic E-state index is 0.582. The Labute approximate surface area is 256 Å². The van der Waals surface area contributed by atoms with E-state index in [4.69, 9.17) is 19.4 Å². The Kier molecular flexibility index (Phi) is 5.64. The minimum atomic E-state index is 0.582. The van der Waals surface area contributed by atoms with E-state index in [-0.39, 0.29) is 0 Å². The van der Waals surface area contributed by atoms with Crippen LogP contribution in [0.25, 0.3) is 87.4 Å². The summed E-state index contributed by atoms with van der Waals surface area (Å²) < 4.78 is 8.84. The lowest BCUT2D eigenvalue weighted by Gasteiger charge is -2.11. The van der Waals surface area contributed by atoms with Gasteiger partial charge in [0.05, 0.1) is 5.56 Å². The zero-order valence-electron chi connectivity index (χ0n) is 23.4. The molecule has 9 aromatic rings. The average Bonchev–Trinajstić information content (AvgIpc) is 3.67. The van der Waals surface area contributed by atoms with Gasteiger partial charge >= 0.3 is 0 Å². The van der Waals surface area contributed by atoms with Gasteiger partial charge in [0.15, 0.2) is 17.5 Å². The third-order valence-electron chi connectivity index (χ3n) is 8.16. The van der Waals surface area contributed by atoms with Crippen molar-refractivity contribution in [3.63, 3.8) is 0 Å². The predicted molar refractivity (Wildman–Crippen MR) is 182 cm³/mol. The molecule has 0 N–H and O–H groups in total. The molecule has 0 atom stereocenters. The molecule has 5 heteroatoms. The van der Waals surface area contributed by atoms with Crippen molar-refractivity contribution in [2.75, 3.05) is 0 Å². The van der Waals surface area contributed by atoms with E-state index in [9.17, 15) is 0 Å². The zero-order chi connectivity index (χ0) is 29.0. The second-order valence-corrected chi connectivity index (χ2v) is 11.9. The van der Waals surface area contributed by atoms with Gasteiger partial charge in [-0.15, -0.1) is 11.3 Å². The second kappa shape index (κ2) is 9.97. The summed E-state index contributed by atoms with van der Waals surface area (Å²) in [4.78, 5) is 15.3. The molecule has 206 valence electrons. The van der Waals surface area contributed by atoms with Crippen molar-refractivity contribution in [2.24, 2.45) is 0 Å². The molecule has 0 amide bonds. The summed E-state index contributed by atoms with van der Waals surface area (Å²) in [6.45, 7) is 0. The Morgan fingerprint density at radius 2 is 0.955 bits per heavy atom. The third-order valence-corrected chi connectivity index (χ3v) is 9.28. The molecular weight excluding hydrogens is 559 g/mol. The fraction of sp³-hybridized carbons (Fsp3) is 0. The van der Waals surface area contributed by atoms with Gasteiger partial charge in [-0.3, -0.25) is 0 Å². The molecule has 3 heterocycles. The highest BCUT2D eigenvalue weighted by Gasteiger charge is 2.20. The van der Waals surface area contributed by atoms with Gasteiger partial charge < -0.3 is 4.42 Å². The molecule has 0 saturated heterocycles. The molecule has 0 aliphatic heterocycles. The van der Waals surface area contributed by atoms with Crippen LogP contribution in [0.15, 0.2) is 144 Å². The van der Waals surface area contributed by atoms with Crippen LogP contribution in [-0.2, 0) is 0 Å². The summed E-state index contributed by atoms with van der Waals surface area (Å²) in [6.07, 6.45) is 0. The molecule has 0 fully saturated rings. The van der Waals surface area contributed by atoms with E-state index in [1.807, 2.05) is 60.7 Å². The SMILES string of the molecule is c1ccc(-c2nc(-c3cccc4c3oc3ccccc34)nc(-c3cccc4sc5cccc(-c6ccccc6)c5c34)n2)cc1. The minimum Gasteiger partial charge on any atom is -0.455 e. The average molecular weight is 582 g/mol. The second-order valence-electron chi connectivity index (χ2n) is 10.8. The normalized spacial score (nSPS) is 11.6. The maximum Gasteiger partial charge on any atom is 0.167 e. The van der Waals surface area contributed by atoms with E-state index in [0.717, 1.165) is 44.0 Å². The van der Waals surface area contributed by atoms with Gasteiger partial charge in [-0.05, 0) is 35.4 Å². The monoisotopic (exact) mass is 581 g/mol. The summed E-state index contributed by atoms with van der Waals surface area (Å²) >= 11 is 1.80. The Bertz CT molecular complexity index is 2500. The lowest BCUT2D eigenvalue weighted by Crippen LogP contribution is -2.00. The summed E-state index contributed by atoms with van der Waals surface area (Å²) in [6, 6.07) is 47.9. The molecule has 0 aliphatic rings. The number of aromatic nitrogens is 3. The van der Waals surface area contributed by atoms with Crippen LogP contribution in [0.3, 0.4) is 0 Å². The van der Waals surface area contributed by atoms with Crippen molar-refractivity contribution in [3.8, 4) is 45.3 Å². The zero-order valence-corrected chi connectivity index (χ0v) is 24.3. The fourth-order valence-corrected chi connectivity index (χ4v) is 7.33. The first kappa shape index (κ1) is 24.9. The number of fused-ring (bicyclic) bond motifs is 6. The number of para-hydroxylation sites is 2. The number of thiophene rings is 1. The summed E-state index contributed by atoms with van der Waals surface area (Å²) in [5.74, 6) is 1.84. The van der Waals surface area contributed by atoms with Crippen LogP contribution < -0.4 is 0 Å². The van der Waals surface area contributed by atoms with Gasteiger partial charge in [0, 0.05) is 42.1 Å². The van der Waals surface area contributed by atoms with Crippen molar-refractivity contribution in [1.29, 1.82) is 0 Å². The van der Waals surface area contributed by atoms with Crippen molar-refractivity contribution >= 4 is 53.4 Å². The van der Waals surface area contributed by atoms with Crippen molar-refractivity contribution < 1.29 is 4.42 Å². The third kappa shape index (κ3) is 3.94. The first-order valence-electron chi connectivity index (χ1n) is 14.5. The van der Waals surface area contributed by atoms with Crippen LogP contribution in [0.1, 0.15) is 0 Å². The topological polar surface area (TPSA) is 51.8 Å². The quantitative estimate of drug-likeness (QED) is 0.207. The Balaban J connectivity index is 1.35. The van der Waals surface area contributed by atoms with Crippen molar-refractivity contribution in [1.82, 2.24) is 15.0 Å². The van der Waals surface area contributed by atoms with E-state index in [1.165, 1.54) is 25.9 Å². The van der Waals surface area contributed by atoms with Crippen LogP contribution in [-0.4, -0.2) is 15.0 Å². The highest BCUT2D eigenvalue weighted by atomic mass is 32.1. The van der Waals surface area contributed by atoms with Gasteiger partial charge in [-0.25, -0.2) is 15.0 Å². The largest absolute Gasteiger partial charge is 0.455 e. The van der Waals surface area contributed by atoms with Gasteiger partial charge in [0.1, 0.15) is 11.2 Å². The number of hydrogen-bond acceptors (Lipinski definition) is 5. The molecule has 6 aromatic carbocycles. The van der Waals surface area contributed by atoms with E-state index in [2.05, 4.69) is 78.9 Å². The van der Waals surface area contributed by atoms with Crippen molar-refractivity contribution in [3.05, 3.63) is 140 Å². The van der Waals surface area contributed by atoms with Crippen LogP contribution in [0.5, 0.6) is 0 Å². The standard InChI is InChI=1S/C39H23N3OS/c1-3-12-24(13-4-1)26-17-10-22-32-34(26)35-29(19-11-23-33(35)44-32)38-40-37(25-14-5-2-6-15-25)41-39(42-38)30-20-9-18-28-27-16-7-8-21-31(27)43-36(28)30/h1-23H. The predicted octanol–water partition coefficient (Wildman–Crippen LogP) is 10.8. The molecule has 9 rings (SSSR count). The van der Waals surface area contributed by atoms with Crippen molar-refractivity contribution in [2.45, 2.75) is 0 Å². The molecule has 0 spiro atoms. The molecule has 44 heavy (non-hydrogen) atoms. The van der Waals surface area contributed by atoms with E-state index in [1.54, 1.807) is 11.3 Å². The number of benzene rings is 6. The molecule has 4 nitrogen and oxygen atoms in total. The lowest BCUT2D eigenvalue weighted by molar-refractivity contribution is 0.669. The van der Waals surface area contributed by atoms with Crippen LogP contribution in [0.4, 0.5) is 0 Å². The molecule has 0 aliphatic carbocycles. The highest BCUT2D eigenvalue weighted by molar-refractivity contribution is 7.26. The summed E-state index contributed by atoms with van der Waals surface area (Å²) in [5.41, 5.74) is 6.76. The Hall–Kier alpha value is -5.65. The van der Waals surface area contributed by atoms with Gasteiger partial charge in [-0.2, -0.15) is 0 Å². The maximum atomic E-state index is 6.41.